The molecule has 0 bridgehead atoms. The molecule has 1 heterocycles. The van der Waals surface area contributed by atoms with E-state index in [2.05, 4.69) is 4.98 Å². The largest absolute Gasteiger partial charge is 0.395 e. The fourth-order valence-corrected chi connectivity index (χ4v) is 1.51. The second-order valence-electron chi connectivity index (χ2n) is 3.32. The monoisotopic (exact) mass is 266 g/mol. The topological polar surface area (TPSA) is 56.6 Å². The molecule has 0 aromatic carbocycles. The number of hydrogen-bond acceptors (Lipinski definition) is 4. The normalized spacial score (nSPS) is 10.9. The van der Waals surface area contributed by atoms with Gasteiger partial charge in [-0.1, -0.05) is 11.6 Å². The Hall–Kier alpha value is -0.980. The molecule has 17 heavy (non-hydrogen) atoms. The minimum atomic E-state index is -2.53. The summed E-state index contributed by atoms with van der Waals surface area (Å²) < 4.78 is 24.7. The average molecular weight is 267 g/mol. The Balaban J connectivity index is 2.92. The fourth-order valence-electron chi connectivity index (χ4n) is 1.35. The molecule has 4 nitrogen and oxygen atoms in total. The maximum absolute atomic E-state index is 12.3. The van der Waals surface area contributed by atoms with Crippen molar-refractivity contribution in [3.05, 3.63) is 22.8 Å². The number of alkyl halides is 2. The SMILES string of the molecule is OCCN(CC(F)F)c1ccc(Cl)c(CO)n1. The first-order valence-corrected chi connectivity index (χ1v) is 5.36. The Morgan fingerprint density at radius 2 is 2.06 bits per heavy atom. The Bertz CT molecular complexity index is 366. The van der Waals surface area contributed by atoms with Crippen LogP contribution in [-0.2, 0) is 6.61 Å². The lowest BCUT2D eigenvalue weighted by molar-refractivity contribution is 0.152. The van der Waals surface area contributed by atoms with E-state index < -0.39 is 13.0 Å². The summed E-state index contributed by atoms with van der Waals surface area (Å²) in [6, 6.07) is 2.95. The van der Waals surface area contributed by atoms with Gasteiger partial charge in [0.05, 0.1) is 30.5 Å². The third-order valence-electron chi connectivity index (χ3n) is 2.11. The number of rotatable bonds is 6. The van der Waals surface area contributed by atoms with Crippen LogP contribution in [0.5, 0.6) is 0 Å². The lowest BCUT2D eigenvalue weighted by atomic mass is 10.3. The minimum absolute atomic E-state index is 0.0455. The smallest absolute Gasteiger partial charge is 0.255 e. The molecule has 0 radical (unpaired) electrons. The summed E-state index contributed by atoms with van der Waals surface area (Å²) in [7, 11) is 0. The van der Waals surface area contributed by atoms with E-state index in [-0.39, 0.29) is 36.3 Å². The third kappa shape index (κ3) is 4.07. The Morgan fingerprint density at radius 3 is 2.59 bits per heavy atom. The van der Waals surface area contributed by atoms with Crippen LogP contribution >= 0.6 is 11.6 Å². The van der Waals surface area contributed by atoms with Crippen molar-refractivity contribution >= 4 is 17.4 Å². The van der Waals surface area contributed by atoms with E-state index in [1.165, 1.54) is 17.0 Å². The van der Waals surface area contributed by atoms with Crippen molar-refractivity contribution in [1.29, 1.82) is 0 Å². The second-order valence-corrected chi connectivity index (χ2v) is 3.72. The summed E-state index contributed by atoms with van der Waals surface area (Å²) in [5.41, 5.74) is 0.223. The molecule has 0 aliphatic rings. The highest BCUT2D eigenvalue weighted by atomic mass is 35.5. The first-order chi connectivity index (χ1) is 8.08. The van der Waals surface area contributed by atoms with Gasteiger partial charge in [-0.15, -0.1) is 0 Å². The van der Waals surface area contributed by atoms with Crippen molar-refractivity contribution in [1.82, 2.24) is 4.98 Å². The van der Waals surface area contributed by atoms with Gasteiger partial charge in [-0.3, -0.25) is 0 Å². The van der Waals surface area contributed by atoms with Gasteiger partial charge in [0.15, 0.2) is 0 Å². The maximum Gasteiger partial charge on any atom is 0.255 e. The molecule has 0 saturated carbocycles. The summed E-state index contributed by atoms with van der Waals surface area (Å²) in [4.78, 5) is 5.20. The number of halogens is 3. The highest BCUT2D eigenvalue weighted by Gasteiger charge is 2.14. The van der Waals surface area contributed by atoms with Crippen LogP contribution in [0.2, 0.25) is 5.02 Å². The van der Waals surface area contributed by atoms with Crippen LogP contribution in [0, 0.1) is 0 Å². The van der Waals surface area contributed by atoms with E-state index in [1.807, 2.05) is 0 Å². The quantitative estimate of drug-likeness (QED) is 0.815. The summed E-state index contributed by atoms with van der Waals surface area (Å²) in [6.07, 6.45) is -2.53. The molecule has 1 aromatic rings. The van der Waals surface area contributed by atoms with Crippen molar-refractivity contribution in [2.24, 2.45) is 0 Å². The van der Waals surface area contributed by atoms with E-state index in [4.69, 9.17) is 21.8 Å². The molecular formula is C10H13ClF2N2O2. The molecule has 1 aromatic heterocycles. The molecule has 2 N–H and O–H groups in total. The van der Waals surface area contributed by atoms with Gasteiger partial charge < -0.3 is 15.1 Å². The zero-order chi connectivity index (χ0) is 12.8. The Kier molecular flexibility index (Phi) is 5.54. The van der Waals surface area contributed by atoms with Crippen molar-refractivity contribution in [3.63, 3.8) is 0 Å². The molecular weight excluding hydrogens is 254 g/mol. The average Bonchev–Trinajstić information content (AvgIpc) is 2.28. The lowest BCUT2D eigenvalue weighted by Gasteiger charge is -2.22. The van der Waals surface area contributed by atoms with E-state index in [1.54, 1.807) is 0 Å². The number of nitrogens with zero attached hydrogens (tertiary/aromatic N) is 2. The molecule has 0 aliphatic heterocycles. The number of anilines is 1. The van der Waals surface area contributed by atoms with E-state index in [9.17, 15) is 8.78 Å². The number of aliphatic hydroxyl groups excluding tert-OH is 2. The number of hydrogen-bond donors (Lipinski definition) is 2. The van der Waals surface area contributed by atoms with E-state index in [0.717, 1.165) is 0 Å². The number of pyridine rings is 1. The van der Waals surface area contributed by atoms with Crippen LogP contribution in [0.15, 0.2) is 12.1 Å². The van der Waals surface area contributed by atoms with Gasteiger partial charge in [-0.25, -0.2) is 13.8 Å². The van der Waals surface area contributed by atoms with Crippen LogP contribution in [0.25, 0.3) is 0 Å². The Morgan fingerprint density at radius 1 is 1.35 bits per heavy atom. The molecule has 0 unspecified atom stereocenters. The summed E-state index contributed by atoms with van der Waals surface area (Å²) >= 11 is 5.75. The Labute approximate surface area is 102 Å². The third-order valence-corrected chi connectivity index (χ3v) is 2.45. The summed E-state index contributed by atoms with van der Waals surface area (Å²) in [5.74, 6) is 0.257. The van der Waals surface area contributed by atoms with Gasteiger partial charge in [0.1, 0.15) is 5.82 Å². The first-order valence-electron chi connectivity index (χ1n) is 4.98. The summed E-state index contributed by atoms with van der Waals surface area (Å²) in [6.45, 7) is -1.11. The lowest BCUT2D eigenvalue weighted by Crippen LogP contribution is -2.32. The highest BCUT2D eigenvalue weighted by Crippen LogP contribution is 2.19. The number of aliphatic hydroxyl groups is 2. The molecule has 0 amide bonds. The summed E-state index contributed by atoms with van der Waals surface area (Å²) in [5, 5.41) is 18.1. The minimum Gasteiger partial charge on any atom is -0.395 e. The van der Waals surface area contributed by atoms with Gasteiger partial charge >= 0.3 is 0 Å². The number of aromatic nitrogens is 1. The second kappa shape index (κ2) is 6.68. The van der Waals surface area contributed by atoms with Crippen LogP contribution in [-0.4, -0.2) is 41.3 Å². The molecule has 96 valence electrons. The standard InChI is InChI=1S/C10H13ClF2N2O2/c11-7-1-2-10(14-8(7)6-17)15(3-4-16)5-9(12)13/h1-2,9,16-17H,3-6H2. The van der Waals surface area contributed by atoms with Crippen LogP contribution in [0.1, 0.15) is 5.69 Å². The van der Waals surface area contributed by atoms with Crippen LogP contribution in [0.3, 0.4) is 0 Å². The zero-order valence-electron chi connectivity index (χ0n) is 8.98. The van der Waals surface area contributed by atoms with Gasteiger partial charge in [0.25, 0.3) is 6.43 Å². The molecule has 0 aliphatic carbocycles. The van der Waals surface area contributed by atoms with Crippen LogP contribution < -0.4 is 4.90 Å². The van der Waals surface area contributed by atoms with E-state index >= 15 is 0 Å². The van der Waals surface area contributed by atoms with Gasteiger partial charge in [0, 0.05) is 6.54 Å². The first kappa shape index (κ1) is 14.1. The molecule has 0 saturated heterocycles. The molecule has 7 heteroatoms. The molecule has 1 rings (SSSR count). The van der Waals surface area contributed by atoms with Gasteiger partial charge in [0.2, 0.25) is 0 Å². The van der Waals surface area contributed by atoms with Crippen molar-refractivity contribution < 1.29 is 19.0 Å². The molecule has 0 spiro atoms. The van der Waals surface area contributed by atoms with Gasteiger partial charge in [-0.2, -0.15) is 0 Å². The predicted molar refractivity (Wildman–Crippen MR) is 60.5 cm³/mol. The molecule has 0 atom stereocenters. The maximum atomic E-state index is 12.3. The molecule has 0 fully saturated rings. The van der Waals surface area contributed by atoms with Crippen molar-refractivity contribution in [2.45, 2.75) is 13.0 Å². The fraction of sp³-hybridized carbons (Fsp3) is 0.500. The van der Waals surface area contributed by atoms with Crippen LogP contribution in [0.4, 0.5) is 14.6 Å². The van der Waals surface area contributed by atoms with Crippen molar-refractivity contribution in [2.75, 3.05) is 24.6 Å². The van der Waals surface area contributed by atoms with Gasteiger partial charge in [-0.05, 0) is 12.1 Å². The zero-order valence-corrected chi connectivity index (χ0v) is 9.74. The van der Waals surface area contributed by atoms with Crippen molar-refractivity contribution in [3.8, 4) is 0 Å². The van der Waals surface area contributed by atoms with E-state index in [0.29, 0.717) is 0 Å². The highest BCUT2D eigenvalue weighted by molar-refractivity contribution is 6.31. The predicted octanol–water partition coefficient (Wildman–Crippen LogP) is 1.29.